The molecule has 0 bridgehead atoms. The zero-order chi connectivity index (χ0) is 16.7. The van der Waals surface area contributed by atoms with Crippen LogP contribution in [0, 0.1) is 5.41 Å². The van der Waals surface area contributed by atoms with E-state index in [-0.39, 0.29) is 24.9 Å². The summed E-state index contributed by atoms with van der Waals surface area (Å²) in [6, 6.07) is 7.69. The molecule has 1 N–H and O–H groups in total. The van der Waals surface area contributed by atoms with E-state index >= 15 is 0 Å². The Kier molecular flexibility index (Phi) is 3.78. The van der Waals surface area contributed by atoms with E-state index in [2.05, 4.69) is 32.2 Å². The molecule has 0 aliphatic carbocycles. The summed E-state index contributed by atoms with van der Waals surface area (Å²) in [5, 5.41) is 2.97. The van der Waals surface area contributed by atoms with Gasteiger partial charge in [0.25, 0.3) is 0 Å². The topological polar surface area (TPSA) is 55.4 Å². The Morgan fingerprint density at radius 2 is 2.04 bits per heavy atom. The molecule has 4 nitrogen and oxygen atoms in total. The smallest absolute Gasteiger partial charge is 0.307 e. The van der Waals surface area contributed by atoms with Gasteiger partial charge in [-0.3, -0.25) is 9.59 Å². The van der Waals surface area contributed by atoms with Gasteiger partial charge < -0.3 is 10.1 Å². The van der Waals surface area contributed by atoms with E-state index in [4.69, 9.17) is 4.74 Å². The minimum atomic E-state index is -0.825. The zero-order valence-electron chi connectivity index (χ0n) is 13.9. The summed E-state index contributed by atoms with van der Waals surface area (Å²) < 4.78 is 5.36. The summed E-state index contributed by atoms with van der Waals surface area (Å²) in [7, 11) is 0. The molecule has 2 heterocycles. The fourth-order valence-corrected chi connectivity index (χ4v) is 3.90. The number of amides is 1. The van der Waals surface area contributed by atoms with E-state index in [1.807, 2.05) is 24.3 Å². The molecule has 23 heavy (non-hydrogen) atoms. The van der Waals surface area contributed by atoms with Gasteiger partial charge in [0, 0.05) is 11.1 Å². The molecule has 2 aliphatic rings. The van der Waals surface area contributed by atoms with E-state index in [0.717, 1.165) is 24.1 Å². The fraction of sp³-hybridized carbons (Fsp3) is 0.474. The quantitative estimate of drug-likeness (QED) is 0.685. The molecule has 1 aromatic carbocycles. The fourth-order valence-electron chi connectivity index (χ4n) is 3.90. The van der Waals surface area contributed by atoms with Crippen molar-refractivity contribution in [3.8, 4) is 0 Å². The Hall–Kier alpha value is -2.10. The normalized spacial score (nSPS) is 29.0. The summed E-state index contributed by atoms with van der Waals surface area (Å²) in [5.74, 6) is -0.369. The first-order chi connectivity index (χ1) is 10.9. The molecule has 0 aromatic heterocycles. The Bertz CT molecular complexity index is 690. The lowest BCUT2D eigenvalue weighted by molar-refractivity contribution is -0.166. The van der Waals surface area contributed by atoms with Crippen molar-refractivity contribution in [2.75, 3.05) is 11.9 Å². The Morgan fingerprint density at radius 1 is 1.30 bits per heavy atom. The maximum absolute atomic E-state index is 12.9. The largest absolute Gasteiger partial charge is 0.465 e. The summed E-state index contributed by atoms with van der Waals surface area (Å²) in [5.41, 5.74) is 1.77. The number of hydrogen-bond donors (Lipinski definition) is 1. The van der Waals surface area contributed by atoms with Gasteiger partial charge in [-0.25, -0.2) is 0 Å². The number of benzene rings is 1. The zero-order valence-corrected chi connectivity index (χ0v) is 13.9. The van der Waals surface area contributed by atoms with Crippen molar-refractivity contribution in [3.63, 3.8) is 0 Å². The average molecular weight is 313 g/mol. The number of cyclic esters (lactones) is 1. The molecule has 4 heteroatoms. The number of nitrogens with one attached hydrogen (secondary N) is 1. The molecule has 3 rings (SSSR count). The van der Waals surface area contributed by atoms with Crippen LogP contribution < -0.4 is 5.32 Å². The van der Waals surface area contributed by atoms with Gasteiger partial charge >= 0.3 is 5.97 Å². The molecule has 1 fully saturated rings. The van der Waals surface area contributed by atoms with Gasteiger partial charge in [0.2, 0.25) is 5.91 Å². The minimum absolute atomic E-state index is 0.0740. The highest BCUT2D eigenvalue weighted by molar-refractivity contribution is 6.09. The second-order valence-electron chi connectivity index (χ2n) is 7.12. The van der Waals surface area contributed by atoms with Crippen molar-refractivity contribution in [3.05, 3.63) is 41.5 Å². The number of hydrogen-bond acceptors (Lipinski definition) is 3. The van der Waals surface area contributed by atoms with Crippen molar-refractivity contribution >= 4 is 17.6 Å². The maximum atomic E-state index is 12.9. The number of carbonyl (C=O) groups excluding carboxylic acids is 2. The van der Waals surface area contributed by atoms with Crippen LogP contribution in [0.1, 0.15) is 45.6 Å². The van der Waals surface area contributed by atoms with Crippen molar-refractivity contribution < 1.29 is 14.3 Å². The lowest BCUT2D eigenvalue weighted by Crippen LogP contribution is -2.56. The molecule has 2 atom stereocenters. The van der Waals surface area contributed by atoms with Gasteiger partial charge in [0.05, 0.1) is 18.4 Å². The molecular weight excluding hydrogens is 290 g/mol. The van der Waals surface area contributed by atoms with Crippen LogP contribution in [0.3, 0.4) is 0 Å². The highest BCUT2D eigenvalue weighted by atomic mass is 16.5. The van der Waals surface area contributed by atoms with Crippen LogP contribution in [0.5, 0.6) is 0 Å². The van der Waals surface area contributed by atoms with E-state index in [1.165, 1.54) is 5.57 Å². The SMILES string of the molecule is CC(C)=CCC[C@]1(C)COC(=O)C[C@@]12C(=O)Nc1ccccc12. The monoisotopic (exact) mass is 313 g/mol. The summed E-state index contributed by atoms with van der Waals surface area (Å²) in [6.07, 6.45) is 3.95. The van der Waals surface area contributed by atoms with Gasteiger partial charge in [-0.05, 0) is 38.3 Å². The predicted octanol–water partition coefficient (Wildman–Crippen LogP) is 3.58. The standard InChI is InChI=1S/C19H23NO3/c1-13(2)7-6-10-18(3)12-23-16(21)11-19(18)14-8-4-5-9-15(14)20-17(19)22/h4-5,7-9H,6,10-12H2,1-3H3,(H,20,22)/t18-,19-/m1/s1. The van der Waals surface area contributed by atoms with Crippen LogP contribution in [0.2, 0.25) is 0 Å². The number of esters is 1. The van der Waals surface area contributed by atoms with E-state index in [1.54, 1.807) is 0 Å². The molecule has 0 saturated carbocycles. The Balaban J connectivity index is 2.06. The molecule has 2 aliphatic heterocycles. The van der Waals surface area contributed by atoms with Crippen molar-refractivity contribution in [2.45, 2.75) is 45.4 Å². The average Bonchev–Trinajstić information content (AvgIpc) is 2.77. The number of para-hydroxylation sites is 1. The number of rotatable bonds is 3. The second kappa shape index (κ2) is 5.52. The van der Waals surface area contributed by atoms with Gasteiger partial charge in [0.15, 0.2) is 0 Å². The van der Waals surface area contributed by atoms with Gasteiger partial charge in [-0.2, -0.15) is 0 Å². The van der Waals surface area contributed by atoms with Gasteiger partial charge in [-0.15, -0.1) is 0 Å². The Morgan fingerprint density at radius 3 is 2.78 bits per heavy atom. The molecule has 1 spiro atoms. The Labute approximate surface area is 136 Å². The number of allylic oxidation sites excluding steroid dienone is 2. The maximum Gasteiger partial charge on any atom is 0.307 e. The first-order valence-corrected chi connectivity index (χ1v) is 8.09. The number of ether oxygens (including phenoxy) is 1. The van der Waals surface area contributed by atoms with E-state index < -0.39 is 10.8 Å². The first-order valence-electron chi connectivity index (χ1n) is 8.09. The van der Waals surface area contributed by atoms with Crippen molar-refractivity contribution in [1.82, 2.24) is 0 Å². The second-order valence-corrected chi connectivity index (χ2v) is 7.12. The van der Waals surface area contributed by atoms with E-state index in [9.17, 15) is 9.59 Å². The molecule has 0 radical (unpaired) electrons. The van der Waals surface area contributed by atoms with Gasteiger partial charge in [0.1, 0.15) is 0 Å². The van der Waals surface area contributed by atoms with Crippen LogP contribution in [0.15, 0.2) is 35.9 Å². The highest BCUT2D eigenvalue weighted by Gasteiger charge is 2.62. The van der Waals surface area contributed by atoms with Crippen LogP contribution in [-0.4, -0.2) is 18.5 Å². The lowest BCUT2D eigenvalue weighted by atomic mass is 9.57. The third-order valence-electron chi connectivity index (χ3n) is 5.26. The summed E-state index contributed by atoms with van der Waals surface area (Å²) in [6.45, 7) is 6.48. The molecule has 122 valence electrons. The van der Waals surface area contributed by atoms with Crippen LogP contribution in [0.25, 0.3) is 0 Å². The number of carbonyl (C=O) groups is 2. The van der Waals surface area contributed by atoms with E-state index in [0.29, 0.717) is 0 Å². The molecule has 1 amide bonds. The van der Waals surface area contributed by atoms with Crippen LogP contribution in [0.4, 0.5) is 5.69 Å². The summed E-state index contributed by atoms with van der Waals surface area (Å²) in [4.78, 5) is 25.0. The number of fused-ring (bicyclic) bond motifs is 2. The third-order valence-corrected chi connectivity index (χ3v) is 5.26. The number of anilines is 1. The van der Waals surface area contributed by atoms with Crippen molar-refractivity contribution in [2.24, 2.45) is 5.41 Å². The molecule has 1 aromatic rings. The third kappa shape index (κ3) is 2.37. The van der Waals surface area contributed by atoms with Crippen molar-refractivity contribution in [1.29, 1.82) is 0 Å². The highest BCUT2D eigenvalue weighted by Crippen LogP contribution is 2.55. The van der Waals surface area contributed by atoms with Gasteiger partial charge in [-0.1, -0.05) is 36.8 Å². The minimum Gasteiger partial charge on any atom is -0.465 e. The lowest BCUT2D eigenvalue weighted by Gasteiger charge is -2.47. The first kappa shape index (κ1) is 15.8. The predicted molar refractivity (Wildman–Crippen MR) is 89.1 cm³/mol. The molecular formula is C19H23NO3. The molecule has 0 unspecified atom stereocenters. The van der Waals surface area contributed by atoms with Crippen LogP contribution >= 0.6 is 0 Å². The molecule has 1 saturated heterocycles. The van der Waals surface area contributed by atoms with Crippen LogP contribution in [-0.2, 0) is 19.7 Å². The summed E-state index contributed by atoms with van der Waals surface area (Å²) >= 11 is 0.